The van der Waals surface area contributed by atoms with Crippen molar-refractivity contribution in [1.29, 1.82) is 0 Å². The lowest BCUT2D eigenvalue weighted by atomic mass is 9.84. The lowest BCUT2D eigenvalue weighted by Crippen LogP contribution is -2.41. The number of nitrogens with one attached hydrogen (secondary N) is 2. The number of likely N-dealkylation sites (tertiary alicyclic amines) is 1. The summed E-state index contributed by atoms with van der Waals surface area (Å²) < 4.78 is 0. The fourth-order valence-corrected chi connectivity index (χ4v) is 5.01. The highest BCUT2D eigenvalue weighted by Gasteiger charge is 2.29. The van der Waals surface area contributed by atoms with Crippen LogP contribution in [0.5, 0.6) is 0 Å². The van der Waals surface area contributed by atoms with Gasteiger partial charge in [0.15, 0.2) is 0 Å². The number of hydrogen-bond donors (Lipinski definition) is 2. The van der Waals surface area contributed by atoms with Gasteiger partial charge in [-0.15, -0.1) is 0 Å². The molecule has 0 bridgehead atoms. The lowest BCUT2D eigenvalue weighted by Gasteiger charge is -2.32. The van der Waals surface area contributed by atoms with Crippen molar-refractivity contribution in [2.45, 2.75) is 63.7 Å². The van der Waals surface area contributed by atoms with E-state index in [1.54, 1.807) is 0 Å². The van der Waals surface area contributed by atoms with E-state index in [2.05, 4.69) is 33.7 Å². The fraction of sp³-hybridized carbons (Fsp3) is 0.517. The molecule has 0 spiro atoms. The molecule has 0 radical (unpaired) electrons. The highest BCUT2D eigenvalue weighted by Crippen LogP contribution is 2.33. The summed E-state index contributed by atoms with van der Waals surface area (Å²) in [6.45, 7) is 7.69. The minimum absolute atomic E-state index is 0.0441. The first-order valence-corrected chi connectivity index (χ1v) is 13.4. The van der Waals surface area contributed by atoms with Gasteiger partial charge in [0.2, 0.25) is 11.8 Å². The van der Waals surface area contributed by atoms with Crippen molar-refractivity contribution < 1.29 is 9.59 Å². The number of anilines is 1. The highest BCUT2D eigenvalue weighted by atomic mass is 35.5. The normalized spacial score (nSPS) is 17.2. The van der Waals surface area contributed by atoms with Gasteiger partial charge in [-0.05, 0) is 113 Å². The van der Waals surface area contributed by atoms with Crippen LogP contribution >= 0.6 is 11.6 Å². The standard InChI is InChI=1S/C29H38ClN3O2/c1-29(2,24-9-11-25(30)12-10-24)28(35)31-15-4-16-33-17-13-22(14-18-33)23-5-3-6-26(20-23)32-27(34)19-21-7-8-21/h3,5-6,9-12,20-22H,4,7-8,13-19H2,1-2H3,(H,31,35)(H,32,34). The van der Waals surface area contributed by atoms with E-state index in [-0.39, 0.29) is 11.8 Å². The van der Waals surface area contributed by atoms with E-state index >= 15 is 0 Å². The molecule has 0 aromatic heterocycles. The molecule has 2 aromatic rings. The van der Waals surface area contributed by atoms with Crippen LogP contribution in [0.2, 0.25) is 5.02 Å². The summed E-state index contributed by atoms with van der Waals surface area (Å²) in [6, 6.07) is 15.9. The average Bonchev–Trinajstić information content (AvgIpc) is 3.66. The first kappa shape index (κ1) is 25.7. The molecule has 1 aliphatic heterocycles. The van der Waals surface area contributed by atoms with Gasteiger partial charge in [-0.2, -0.15) is 0 Å². The van der Waals surface area contributed by atoms with Crippen LogP contribution < -0.4 is 10.6 Å². The third-order valence-electron chi connectivity index (χ3n) is 7.47. The second kappa shape index (κ2) is 11.6. The van der Waals surface area contributed by atoms with Crippen LogP contribution in [0.25, 0.3) is 0 Å². The molecule has 1 aliphatic carbocycles. The Balaban J connectivity index is 1.16. The maximum Gasteiger partial charge on any atom is 0.230 e. The summed E-state index contributed by atoms with van der Waals surface area (Å²) >= 11 is 5.98. The second-order valence-corrected chi connectivity index (χ2v) is 11.1. The van der Waals surface area contributed by atoms with Crippen LogP contribution in [0, 0.1) is 5.92 Å². The predicted molar refractivity (Wildman–Crippen MR) is 143 cm³/mol. The summed E-state index contributed by atoms with van der Waals surface area (Å²) in [4.78, 5) is 27.4. The summed E-state index contributed by atoms with van der Waals surface area (Å²) in [5, 5.41) is 6.87. The molecule has 1 heterocycles. The molecular weight excluding hydrogens is 458 g/mol. The molecule has 2 aromatic carbocycles. The average molecular weight is 496 g/mol. The number of carbonyl (C=O) groups excluding carboxylic acids is 2. The van der Waals surface area contributed by atoms with Gasteiger partial charge in [0.1, 0.15) is 0 Å². The van der Waals surface area contributed by atoms with Gasteiger partial charge in [0.25, 0.3) is 0 Å². The van der Waals surface area contributed by atoms with Gasteiger partial charge in [-0.25, -0.2) is 0 Å². The number of nitrogens with zero attached hydrogens (tertiary/aromatic N) is 1. The highest BCUT2D eigenvalue weighted by molar-refractivity contribution is 6.30. The molecule has 35 heavy (non-hydrogen) atoms. The molecule has 2 amide bonds. The Morgan fingerprint density at radius 1 is 1.03 bits per heavy atom. The Bertz CT molecular complexity index is 1010. The molecule has 188 valence electrons. The van der Waals surface area contributed by atoms with Crippen LogP contribution in [0.1, 0.15) is 69.4 Å². The van der Waals surface area contributed by atoms with E-state index in [9.17, 15) is 9.59 Å². The van der Waals surface area contributed by atoms with Gasteiger partial charge >= 0.3 is 0 Å². The molecule has 1 saturated heterocycles. The lowest BCUT2D eigenvalue weighted by molar-refractivity contribution is -0.125. The van der Waals surface area contributed by atoms with Crippen molar-refractivity contribution in [2.24, 2.45) is 5.92 Å². The van der Waals surface area contributed by atoms with Crippen molar-refractivity contribution in [3.63, 3.8) is 0 Å². The van der Waals surface area contributed by atoms with Crippen molar-refractivity contribution in [2.75, 3.05) is 31.5 Å². The number of benzene rings is 2. The number of amides is 2. The molecule has 0 unspecified atom stereocenters. The van der Waals surface area contributed by atoms with Crippen LogP contribution in [0.15, 0.2) is 48.5 Å². The summed E-state index contributed by atoms with van der Waals surface area (Å²) in [6.07, 6.45) is 6.22. The van der Waals surface area contributed by atoms with Gasteiger partial charge in [0.05, 0.1) is 5.41 Å². The topological polar surface area (TPSA) is 61.4 Å². The van der Waals surface area contributed by atoms with Gasteiger partial charge in [-0.3, -0.25) is 9.59 Å². The zero-order chi connectivity index (χ0) is 24.8. The predicted octanol–water partition coefficient (Wildman–Crippen LogP) is 5.74. The Kier molecular flexibility index (Phi) is 8.51. The third-order valence-corrected chi connectivity index (χ3v) is 7.72. The molecule has 6 heteroatoms. The van der Waals surface area contributed by atoms with E-state index in [0.717, 1.165) is 50.1 Å². The smallest absolute Gasteiger partial charge is 0.230 e. The van der Waals surface area contributed by atoms with Crippen LogP contribution in [-0.4, -0.2) is 42.9 Å². The summed E-state index contributed by atoms with van der Waals surface area (Å²) in [5.41, 5.74) is 2.63. The molecule has 4 rings (SSSR count). The van der Waals surface area contributed by atoms with Crippen LogP contribution in [0.4, 0.5) is 5.69 Å². The Labute approximate surface area is 214 Å². The summed E-state index contributed by atoms with van der Waals surface area (Å²) in [7, 11) is 0. The van der Waals surface area contributed by atoms with Crippen molar-refractivity contribution in [3.8, 4) is 0 Å². The number of rotatable bonds is 10. The van der Waals surface area contributed by atoms with Crippen molar-refractivity contribution >= 4 is 29.1 Å². The number of hydrogen-bond acceptors (Lipinski definition) is 3. The van der Waals surface area contributed by atoms with Crippen molar-refractivity contribution in [1.82, 2.24) is 10.2 Å². The molecule has 2 N–H and O–H groups in total. The summed E-state index contributed by atoms with van der Waals surface area (Å²) in [5.74, 6) is 1.32. The van der Waals surface area contributed by atoms with Gasteiger partial charge in [0, 0.05) is 23.7 Å². The second-order valence-electron chi connectivity index (χ2n) is 10.7. The monoisotopic (exact) mass is 495 g/mol. The Morgan fingerprint density at radius 3 is 2.43 bits per heavy atom. The van der Waals surface area contributed by atoms with Crippen LogP contribution in [0.3, 0.4) is 0 Å². The zero-order valence-corrected chi connectivity index (χ0v) is 21.7. The molecular formula is C29H38ClN3O2. The molecule has 0 atom stereocenters. The number of halogens is 1. The SMILES string of the molecule is CC(C)(C(=O)NCCCN1CCC(c2cccc(NC(=O)CC3CC3)c2)CC1)c1ccc(Cl)cc1. The van der Waals surface area contributed by atoms with E-state index in [1.807, 2.05) is 44.2 Å². The van der Waals surface area contributed by atoms with E-state index in [1.165, 1.54) is 18.4 Å². The quantitative estimate of drug-likeness (QED) is 0.413. The molecule has 2 aliphatic rings. The van der Waals surface area contributed by atoms with E-state index in [0.29, 0.717) is 29.8 Å². The van der Waals surface area contributed by atoms with Crippen molar-refractivity contribution in [3.05, 3.63) is 64.7 Å². The Hall–Kier alpha value is -2.37. The third kappa shape index (κ3) is 7.31. The zero-order valence-electron chi connectivity index (χ0n) is 21.0. The Morgan fingerprint density at radius 2 is 1.74 bits per heavy atom. The van der Waals surface area contributed by atoms with E-state index in [4.69, 9.17) is 11.6 Å². The molecule has 2 fully saturated rings. The largest absolute Gasteiger partial charge is 0.355 e. The fourth-order valence-electron chi connectivity index (χ4n) is 4.88. The molecule has 5 nitrogen and oxygen atoms in total. The maximum absolute atomic E-state index is 12.8. The first-order chi connectivity index (χ1) is 16.8. The van der Waals surface area contributed by atoms with Gasteiger partial charge < -0.3 is 15.5 Å². The maximum atomic E-state index is 12.8. The first-order valence-electron chi connectivity index (χ1n) is 13.0. The molecule has 1 saturated carbocycles. The number of piperidine rings is 1. The van der Waals surface area contributed by atoms with Gasteiger partial charge in [-0.1, -0.05) is 35.9 Å². The minimum Gasteiger partial charge on any atom is -0.355 e. The minimum atomic E-state index is -0.588. The number of carbonyl (C=O) groups is 2. The van der Waals surface area contributed by atoms with Crippen LogP contribution in [-0.2, 0) is 15.0 Å². The van der Waals surface area contributed by atoms with E-state index < -0.39 is 5.41 Å².